The minimum atomic E-state index is -0.670. The van der Waals surface area contributed by atoms with E-state index >= 15 is 0 Å². The number of methoxy groups -OCH3 is 1. The van der Waals surface area contributed by atoms with Crippen molar-refractivity contribution in [3.63, 3.8) is 0 Å². The number of Topliss-reactive ketones (excluding diaryl/α,β-unsaturated/α-hetero) is 1. The first-order valence-electron chi connectivity index (χ1n) is 7.47. The molecule has 1 heterocycles. The number of esters is 1. The molecule has 0 saturated heterocycles. The molecule has 0 atom stereocenters. The Morgan fingerprint density at radius 2 is 1.80 bits per heavy atom. The van der Waals surface area contributed by atoms with E-state index < -0.39 is 5.97 Å². The summed E-state index contributed by atoms with van der Waals surface area (Å²) in [5.74, 6) is -0.290. The Kier molecular flexibility index (Phi) is 4.56. The Hall–Kier alpha value is -3.48. The van der Waals surface area contributed by atoms with Crippen molar-refractivity contribution in [2.45, 2.75) is 6.92 Å². The minimum Gasteiger partial charge on any atom is -0.493 e. The van der Waals surface area contributed by atoms with E-state index in [0.29, 0.717) is 5.56 Å². The molecule has 0 saturated carbocycles. The molecule has 0 N–H and O–H groups in total. The topological polar surface area (TPSA) is 83.3 Å². The second-order valence-corrected chi connectivity index (χ2v) is 5.17. The number of benzene rings is 2. The molecular weight excluding hydrogens is 322 g/mol. The standard InChI is InChI=1S/C18H15N3O4/c1-12(22)13-8-9-16(17(10-13)24-2)25-18(23)15-11-19-21(20-15)14-6-4-3-5-7-14/h3-11H,1-2H3. The lowest BCUT2D eigenvalue weighted by Gasteiger charge is -2.09. The summed E-state index contributed by atoms with van der Waals surface area (Å²) in [5.41, 5.74) is 1.25. The fourth-order valence-corrected chi connectivity index (χ4v) is 2.17. The molecule has 0 aliphatic rings. The van der Waals surface area contributed by atoms with Crippen LogP contribution in [-0.4, -0.2) is 33.9 Å². The van der Waals surface area contributed by atoms with E-state index in [-0.39, 0.29) is 23.0 Å². The van der Waals surface area contributed by atoms with Gasteiger partial charge in [0, 0.05) is 5.56 Å². The Morgan fingerprint density at radius 3 is 2.48 bits per heavy atom. The van der Waals surface area contributed by atoms with E-state index in [1.165, 1.54) is 37.2 Å². The number of nitrogens with zero attached hydrogens (tertiary/aromatic N) is 3. The highest BCUT2D eigenvalue weighted by Crippen LogP contribution is 2.28. The second kappa shape index (κ2) is 6.96. The highest BCUT2D eigenvalue weighted by Gasteiger charge is 2.17. The number of hydrogen-bond acceptors (Lipinski definition) is 6. The minimum absolute atomic E-state index is 0.0570. The fourth-order valence-electron chi connectivity index (χ4n) is 2.17. The molecule has 0 amide bonds. The first-order valence-corrected chi connectivity index (χ1v) is 7.47. The van der Waals surface area contributed by atoms with Crippen LogP contribution in [0, 0.1) is 0 Å². The van der Waals surface area contributed by atoms with Crippen molar-refractivity contribution in [3.8, 4) is 17.2 Å². The first-order chi connectivity index (χ1) is 12.1. The summed E-state index contributed by atoms with van der Waals surface area (Å²) in [6.07, 6.45) is 1.33. The van der Waals surface area contributed by atoms with Gasteiger partial charge in [-0.2, -0.15) is 9.90 Å². The summed E-state index contributed by atoms with van der Waals surface area (Å²) in [6, 6.07) is 13.8. The van der Waals surface area contributed by atoms with Gasteiger partial charge < -0.3 is 9.47 Å². The van der Waals surface area contributed by atoms with Crippen LogP contribution in [0.2, 0.25) is 0 Å². The van der Waals surface area contributed by atoms with Crippen LogP contribution in [0.3, 0.4) is 0 Å². The van der Waals surface area contributed by atoms with Crippen LogP contribution in [0.1, 0.15) is 27.8 Å². The zero-order valence-corrected chi connectivity index (χ0v) is 13.7. The first kappa shape index (κ1) is 16.4. The smallest absolute Gasteiger partial charge is 0.366 e. The molecule has 7 nitrogen and oxygen atoms in total. The molecule has 0 bridgehead atoms. The molecule has 0 aliphatic heterocycles. The molecule has 2 aromatic carbocycles. The van der Waals surface area contributed by atoms with Crippen LogP contribution in [0.5, 0.6) is 11.5 Å². The van der Waals surface area contributed by atoms with Crippen molar-refractivity contribution in [1.82, 2.24) is 15.0 Å². The van der Waals surface area contributed by atoms with Crippen LogP contribution in [0.4, 0.5) is 0 Å². The van der Waals surface area contributed by atoms with E-state index in [2.05, 4.69) is 10.2 Å². The predicted molar refractivity (Wildman–Crippen MR) is 89.3 cm³/mol. The molecule has 1 aromatic heterocycles. The maximum Gasteiger partial charge on any atom is 0.366 e. The Morgan fingerprint density at radius 1 is 1.04 bits per heavy atom. The second-order valence-electron chi connectivity index (χ2n) is 5.17. The Bertz CT molecular complexity index is 919. The quantitative estimate of drug-likeness (QED) is 0.404. The van der Waals surface area contributed by atoms with Gasteiger partial charge >= 0.3 is 5.97 Å². The number of ether oxygens (including phenoxy) is 2. The maximum absolute atomic E-state index is 12.3. The van der Waals surface area contributed by atoms with Gasteiger partial charge in [0.05, 0.1) is 19.0 Å². The van der Waals surface area contributed by atoms with E-state index in [1.54, 1.807) is 6.07 Å². The van der Waals surface area contributed by atoms with Gasteiger partial charge in [-0.3, -0.25) is 4.79 Å². The number of aromatic nitrogens is 3. The summed E-state index contributed by atoms with van der Waals surface area (Å²) < 4.78 is 10.5. The zero-order chi connectivity index (χ0) is 17.8. The molecule has 7 heteroatoms. The van der Waals surface area contributed by atoms with Crippen molar-refractivity contribution in [1.29, 1.82) is 0 Å². The van der Waals surface area contributed by atoms with E-state index in [4.69, 9.17) is 9.47 Å². The number of para-hydroxylation sites is 1. The number of rotatable bonds is 5. The van der Waals surface area contributed by atoms with Gasteiger partial charge in [0.1, 0.15) is 0 Å². The monoisotopic (exact) mass is 337 g/mol. The Balaban J connectivity index is 1.81. The molecule has 0 fully saturated rings. The van der Waals surface area contributed by atoms with E-state index in [0.717, 1.165) is 5.69 Å². The molecular formula is C18H15N3O4. The third-order valence-electron chi connectivity index (χ3n) is 3.46. The number of ketones is 1. The summed E-state index contributed by atoms with van der Waals surface area (Å²) >= 11 is 0. The molecule has 0 radical (unpaired) electrons. The highest BCUT2D eigenvalue weighted by molar-refractivity contribution is 5.95. The molecule has 0 spiro atoms. The van der Waals surface area contributed by atoms with Crippen LogP contribution in [0.25, 0.3) is 5.69 Å². The van der Waals surface area contributed by atoms with Crippen LogP contribution < -0.4 is 9.47 Å². The summed E-state index contributed by atoms with van der Waals surface area (Å²) in [4.78, 5) is 25.0. The van der Waals surface area contributed by atoms with Gasteiger partial charge in [0.25, 0.3) is 0 Å². The number of carbonyl (C=O) groups excluding carboxylic acids is 2. The van der Waals surface area contributed by atoms with Crippen molar-refractivity contribution >= 4 is 11.8 Å². The molecule has 3 rings (SSSR count). The molecule has 3 aromatic rings. The van der Waals surface area contributed by atoms with Crippen molar-refractivity contribution < 1.29 is 19.1 Å². The molecule has 0 unspecified atom stereocenters. The largest absolute Gasteiger partial charge is 0.493 e. The molecule has 25 heavy (non-hydrogen) atoms. The Labute approximate surface area is 143 Å². The normalized spacial score (nSPS) is 10.3. The lowest BCUT2D eigenvalue weighted by molar-refractivity contribution is 0.0723. The lowest BCUT2D eigenvalue weighted by atomic mass is 10.1. The third kappa shape index (κ3) is 3.55. The molecule has 0 aliphatic carbocycles. The van der Waals surface area contributed by atoms with Crippen molar-refractivity contribution in [2.24, 2.45) is 0 Å². The number of hydrogen-bond donors (Lipinski definition) is 0. The fraction of sp³-hybridized carbons (Fsp3) is 0.111. The van der Waals surface area contributed by atoms with Gasteiger partial charge in [0.15, 0.2) is 23.0 Å². The van der Waals surface area contributed by atoms with Gasteiger partial charge in [0.2, 0.25) is 0 Å². The molecule has 126 valence electrons. The lowest BCUT2D eigenvalue weighted by Crippen LogP contribution is -2.11. The van der Waals surface area contributed by atoms with Gasteiger partial charge in [-0.25, -0.2) is 4.79 Å². The van der Waals surface area contributed by atoms with Crippen LogP contribution in [0.15, 0.2) is 54.7 Å². The van der Waals surface area contributed by atoms with Gasteiger partial charge in [-0.1, -0.05) is 18.2 Å². The zero-order valence-electron chi connectivity index (χ0n) is 13.7. The average molecular weight is 337 g/mol. The van der Waals surface area contributed by atoms with Crippen molar-refractivity contribution in [3.05, 3.63) is 66.0 Å². The van der Waals surface area contributed by atoms with Crippen LogP contribution >= 0.6 is 0 Å². The van der Waals surface area contributed by atoms with E-state index in [9.17, 15) is 9.59 Å². The number of carbonyl (C=O) groups is 2. The average Bonchev–Trinajstić information content (AvgIpc) is 3.13. The highest BCUT2D eigenvalue weighted by atomic mass is 16.6. The summed E-state index contributed by atoms with van der Waals surface area (Å²) in [6.45, 7) is 1.45. The predicted octanol–water partition coefficient (Wildman–Crippen LogP) is 2.70. The van der Waals surface area contributed by atoms with E-state index in [1.807, 2.05) is 30.3 Å². The van der Waals surface area contributed by atoms with Crippen molar-refractivity contribution in [2.75, 3.05) is 7.11 Å². The summed E-state index contributed by atoms with van der Waals surface area (Å²) in [7, 11) is 1.43. The third-order valence-corrected chi connectivity index (χ3v) is 3.46. The SMILES string of the molecule is COc1cc(C(C)=O)ccc1OC(=O)c1cnn(-c2ccccc2)n1. The van der Waals surface area contributed by atoms with Crippen LogP contribution in [-0.2, 0) is 0 Å². The van der Waals surface area contributed by atoms with Gasteiger partial charge in [-0.15, -0.1) is 5.10 Å². The summed E-state index contributed by atoms with van der Waals surface area (Å²) in [5, 5.41) is 8.17. The maximum atomic E-state index is 12.3. The van der Waals surface area contributed by atoms with Gasteiger partial charge in [-0.05, 0) is 37.3 Å².